The van der Waals surface area contributed by atoms with Crippen LogP contribution in [-0.2, 0) is 10.0 Å². The van der Waals surface area contributed by atoms with Gasteiger partial charge in [-0.3, -0.25) is 9.52 Å². The number of carbonyl (C=O) groups excluding carboxylic acids is 1. The van der Waals surface area contributed by atoms with E-state index in [-0.39, 0.29) is 10.1 Å². The fourth-order valence-corrected chi connectivity index (χ4v) is 5.54. The molecule has 0 spiro atoms. The van der Waals surface area contributed by atoms with Crippen LogP contribution in [0.15, 0.2) is 39.9 Å². The van der Waals surface area contributed by atoms with Gasteiger partial charge in [-0.25, -0.2) is 8.42 Å². The highest BCUT2D eigenvalue weighted by molar-refractivity contribution is 7.94. The van der Waals surface area contributed by atoms with Crippen molar-refractivity contribution in [2.75, 3.05) is 48.9 Å². The zero-order valence-electron chi connectivity index (χ0n) is 17.6. The predicted octanol–water partition coefficient (Wildman–Crippen LogP) is 3.22. The SMILES string of the molecule is CCCCN(CC)C(=O)c1ccc(N2CCNCC2)c(NS(=O)(=O)c2cccs2)c1. The van der Waals surface area contributed by atoms with Gasteiger partial charge in [0.15, 0.2) is 0 Å². The van der Waals surface area contributed by atoms with Crippen molar-refractivity contribution >= 4 is 38.6 Å². The lowest BCUT2D eigenvalue weighted by molar-refractivity contribution is 0.0762. The van der Waals surface area contributed by atoms with Gasteiger partial charge in [0.2, 0.25) is 0 Å². The molecular formula is C21H30N4O3S2. The van der Waals surface area contributed by atoms with Crippen LogP contribution in [0.2, 0.25) is 0 Å². The standard InChI is InChI=1S/C21H30N4O3S2/c1-3-5-12-24(4-2)21(26)17-8-9-19(25-13-10-22-11-14-25)18(16-17)23-30(27,28)20-7-6-15-29-20/h6-9,15-16,22-23H,3-5,10-14H2,1-2H3. The van der Waals surface area contributed by atoms with Crippen LogP contribution in [0.25, 0.3) is 0 Å². The van der Waals surface area contributed by atoms with Gasteiger partial charge in [-0.05, 0) is 43.0 Å². The van der Waals surface area contributed by atoms with Crippen LogP contribution >= 0.6 is 11.3 Å². The van der Waals surface area contributed by atoms with Crippen LogP contribution in [-0.4, -0.2) is 58.5 Å². The summed E-state index contributed by atoms with van der Waals surface area (Å²) in [4.78, 5) is 17.0. The Morgan fingerprint density at radius 3 is 2.63 bits per heavy atom. The predicted molar refractivity (Wildman–Crippen MR) is 123 cm³/mol. The molecule has 7 nitrogen and oxygen atoms in total. The van der Waals surface area contributed by atoms with Crippen molar-refractivity contribution in [3.63, 3.8) is 0 Å². The molecule has 0 aliphatic carbocycles. The molecule has 1 aliphatic heterocycles. The van der Waals surface area contributed by atoms with Gasteiger partial charge in [-0.1, -0.05) is 19.4 Å². The normalized spacial score (nSPS) is 14.5. The van der Waals surface area contributed by atoms with E-state index in [0.29, 0.717) is 24.3 Å². The van der Waals surface area contributed by atoms with Gasteiger partial charge < -0.3 is 15.1 Å². The Kier molecular flexibility index (Phi) is 7.74. The van der Waals surface area contributed by atoms with Gasteiger partial charge in [-0.2, -0.15) is 0 Å². The number of carbonyl (C=O) groups is 1. The minimum Gasteiger partial charge on any atom is -0.367 e. The number of sulfonamides is 1. The average molecular weight is 451 g/mol. The van der Waals surface area contributed by atoms with Crippen molar-refractivity contribution in [3.8, 4) is 0 Å². The molecule has 2 aromatic rings. The molecule has 0 bridgehead atoms. The maximum absolute atomic E-state index is 13.0. The summed E-state index contributed by atoms with van der Waals surface area (Å²) in [6, 6.07) is 8.63. The Bertz CT molecular complexity index is 939. The second-order valence-corrected chi connectivity index (χ2v) is 10.1. The van der Waals surface area contributed by atoms with E-state index in [1.807, 2.05) is 13.0 Å². The Morgan fingerprint density at radius 1 is 1.23 bits per heavy atom. The number of nitrogens with zero attached hydrogens (tertiary/aromatic N) is 2. The summed E-state index contributed by atoms with van der Waals surface area (Å²) in [6.07, 6.45) is 1.95. The van der Waals surface area contributed by atoms with Gasteiger partial charge >= 0.3 is 0 Å². The van der Waals surface area contributed by atoms with Crippen LogP contribution in [0, 0.1) is 0 Å². The van der Waals surface area contributed by atoms with Gasteiger partial charge in [0.25, 0.3) is 15.9 Å². The van der Waals surface area contributed by atoms with E-state index in [4.69, 9.17) is 0 Å². The van der Waals surface area contributed by atoms with Crippen molar-refractivity contribution in [2.45, 2.75) is 30.9 Å². The summed E-state index contributed by atoms with van der Waals surface area (Å²) in [5.41, 5.74) is 1.74. The van der Waals surface area contributed by atoms with Crippen molar-refractivity contribution in [1.82, 2.24) is 10.2 Å². The lowest BCUT2D eigenvalue weighted by Gasteiger charge is -2.31. The van der Waals surface area contributed by atoms with Crippen LogP contribution in [0.1, 0.15) is 37.0 Å². The van der Waals surface area contributed by atoms with E-state index in [1.165, 1.54) is 11.3 Å². The van der Waals surface area contributed by atoms with Crippen LogP contribution in [0.5, 0.6) is 0 Å². The monoisotopic (exact) mass is 450 g/mol. The molecule has 1 aromatic carbocycles. The molecule has 164 valence electrons. The van der Waals surface area contributed by atoms with Gasteiger partial charge in [0, 0.05) is 44.8 Å². The highest BCUT2D eigenvalue weighted by Crippen LogP contribution is 2.31. The molecule has 1 aliphatic rings. The third-order valence-corrected chi connectivity index (χ3v) is 7.92. The number of anilines is 2. The van der Waals surface area contributed by atoms with Gasteiger partial charge in [0.1, 0.15) is 4.21 Å². The molecule has 30 heavy (non-hydrogen) atoms. The number of rotatable bonds is 9. The summed E-state index contributed by atoms with van der Waals surface area (Å²) in [5.74, 6) is -0.0746. The zero-order valence-corrected chi connectivity index (χ0v) is 19.2. The number of hydrogen-bond donors (Lipinski definition) is 2. The molecule has 2 heterocycles. The molecule has 1 saturated heterocycles. The molecule has 1 aromatic heterocycles. The smallest absolute Gasteiger partial charge is 0.271 e. The van der Waals surface area contributed by atoms with E-state index in [0.717, 1.165) is 44.7 Å². The minimum atomic E-state index is -3.71. The topological polar surface area (TPSA) is 81.8 Å². The first-order valence-corrected chi connectivity index (χ1v) is 12.8. The first kappa shape index (κ1) is 22.6. The Hall–Kier alpha value is -2.10. The summed E-state index contributed by atoms with van der Waals surface area (Å²) in [5, 5.41) is 5.04. The second-order valence-electron chi connectivity index (χ2n) is 7.24. The Labute approximate surface area is 183 Å². The molecule has 0 atom stereocenters. The van der Waals surface area contributed by atoms with Crippen molar-refractivity contribution < 1.29 is 13.2 Å². The Morgan fingerprint density at radius 2 is 2.00 bits per heavy atom. The summed E-state index contributed by atoms with van der Waals surface area (Å²) < 4.78 is 28.8. The van der Waals surface area contributed by atoms with E-state index >= 15 is 0 Å². The van der Waals surface area contributed by atoms with E-state index in [2.05, 4.69) is 21.9 Å². The lowest BCUT2D eigenvalue weighted by Crippen LogP contribution is -2.43. The summed E-state index contributed by atoms with van der Waals surface area (Å²) >= 11 is 1.17. The molecule has 1 amide bonds. The van der Waals surface area contributed by atoms with E-state index in [9.17, 15) is 13.2 Å². The maximum Gasteiger partial charge on any atom is 0.271 e. The van der Waals surface area contributed by atoms with Crippen molar-refractivity contribution in [2.24, 2.45) is 0 Å². The highest BCUT2D eigenvalue weighted by atomic mass is 32.2. The molecule has 0 radical (unpaired) electrons. The number of thiophene rings is 1. The molecule has 0 saturated carbocycles. The van der Waals surface area contributed by atoms with E-state index < -0.39 is 10.0 Å². The van der Waals surface area contributed by atoms with Crippen LogP contribution in [0.4, 0.5) is 11.4 Å². The fourth-order valence-electron chi connectivity index (χ4n) is 3.48. The second kappa shape index (κ2) is 10.3. The lowest BCUT2D eigenvalue weighted by atomic mass is 10.1. The van der Waals surface area contributed by atoms with Crippen molar-refractivity contribution in [1.29, 1.82) is 0 Å². The van der Waals surface area contributed by atoms with Crippen molar-refractivity contribution in [3.05, 3.63) is 41.3 Å². The summed E-state index contributed by atoms with van der Waals surface area (Å²) in [6.45, 7) is 8.59. The number of benzene rings is 1. The number of unbranched alkanes of at least 4 members (excludes halogenated alkanes) is 1. The van der Waals surface area contributed by atoms with E-state index in [1.54, 1.807) is 34.5 Å². The highest BCUT2D eigenvalue weighted by Gasteiger charge is 2.23. The third kappa shape index (κ3) is 5.33. The fraction of sp³-hybridized carbons (Fsp3) is 0.476. The number of hydrogen-bond acceptors (Lipinski definition) is 6. The minimum absolute atomic E-state index is 0.0746. The summed E-state index contributed by atoms with van der Waals surface area (Å²) in [7, 11) is -3.71. The Balaban J connectivity index is 1.95. The maximum atomic E-state index is 13.0. The number of nitrogens with one attached hydrogen (secondary N) is 2. The molecular weight excluding hydrogens is 420 g/mol. The number of amides is 1. The third-order valence-electron chi connectivity index (χ3n) is 5.16. The zero-order chi connectivity index (χ0) is 21.6. The number of piperazine rings is 1. The van der Waals surface area contributed by atoms with Crippen LogP contribution in [0.3, 0.4) is 0 Å². The molecule has 3 rings (SSSR count). The molecule has 2 N–H and O–H groups in total. The average Bonchev–Trinajstić information content (AvgIpc) is 3.30. The first-order valence-electron chi connectivity index (χ1n) is 10.4. The van der Waals surface area contributed by atoms with Crippen LogP contribution < -0.4 is 14.9 Å². The molecule has 1 fully saturated rings. The van der Waals surface area contributed by atoms with Gasteiger partial charge in [0.05, 0.1) is 11.4 Å². The molecule has 9 heteroatoms. The van der Waals surface area contributed by atoms with Gasteiger partial charge in [-0.15, -0.1) is 11.3 Å². The first-order chi connectivity index (χ1) is 14.5. The molecule has 0 unspecified atom stereocenters. The largest absolute Gasteiger partial charge is 0.367 e. The quantitative estimate of drug-likeness (QED) is 0.613.